The van der Waals surface area contributed by atoms with Crippen LogP contribution in [0.5, 0.6) is 0 Å². The normalized spacial score (nSPS) is 14.9. The Labute approximate surface area is 242 Å². The number of para-hydroxylation sites is 1. The van der Waals surface area contributed by atoms with Crippen molar-refractivity contribution in [2.75, 3.05) is 45.5 Å². The molecule has 11 heteroatoms. The molecule has 4 heterocycles. The highest BCUT2D eigenvalue weighted by atomic mass is 16.2. The molecule has 6 rings (SSSR count). The van der Waals surface area contributed by atoms with E-state index in [0.717, 1.165) is 26.2 Å². The molecule has 1 aliphatic rings. The van der Waals surface area contributed by atoms with Gasteiger partial charge in [0.1, 0.15) is 18.2 Å². The van der Waals surface area contributed by atoms with Gasteiger partial charge in [-0.15, -0.1) is 4.52 Å². The number of nitrogen functional groups attached to an aromatic ring is 1. The van der Waals surface area contributed by atoms with Crippen LogP contribution in [-0.2, 0) is 0 Å². The molecule has 0 saturated carbocycles. The van der Waals surface area contributed by atoms with Crippen LogP contribution in [-0.4, -0.2) is 75.1 Å². The van der Waals surface area contributed by atoms with E-state index >= 15 is 0 Å². The number of carbonyl (C=O) groups excluding carboxylic acids is 1. The number of nitrogens with one attached hydrogen (secondary N) is 2. The molecule has 1 saturated heterocycles. The first kappa shape index (κ1) is 27.1. The second-order valence-corrected chi connectivity index (χ2v) is 10.4. The number of benzene rings is 2. The highest BCUT2D eigenvalue weighted by Crippen LogP contribution is 2.21. The Balaban J connectivity index is 1.39. The lowest BCUT2D eigenvalue weighted by Gasteiger charge is -2.30. The van der Waals surface area contributed by atoms with Gasteiger partial charge >= 0.3 is 5.65 Å². The molecule has 0 bridgehead atoms. The number of likely N-dealkylation sites (N-methyl/N-ethyl adjacent to an activating group) is 1. The van der Waals surface area contributed by atoms with Crippen molar-refractivity contribution in [3.63, 3.8) is 0 Å². The van der Waals surface area contributed by atoms with Crippen LogP contribution >= 0.6 is 0 Å². The number of aromatic nitrogens is 5. The summed E-state index contributed by atoms with van der Waals surface area (Å²) in [6.07, 6.45) is 3.31. The lowest BCUT2D eigenvalue weighted by molar-refractivity contribution is -0.577. The van der Waals surface area contributed by atoms with Gasteiger partial charge in [0.15, 0.2) is 11.4 Å². The van der Waals surface area contributed by atoms with Gasteiger partial charge in [0.25, 0.3) is 11.5 Å². The van der Waals surface area contributed by atoms with Crippen molar-refractivity contribution >= 4 is 28.3 Å². The van der Waals surface area contributed by atoms with Crippen molar-refractivity contribution in [2.24, 2.45) is 0 Å². The zero-order valence-corrected chi connectivity index (χ0v) is 23.5. The summed E-state index contributed by atoms with van der Waals surface area (Å²) in [5.74, 6) is 6.63. The molecule has 11 nitrogen and oxygen atoms in total. The Morgan fingerprint density at radius 2 is 1.90 bits per heavy atom. The molecule has 0 radical (unpaired) electrons. The van der Waals surface area contributed by atoms with Gasteiger partial charge in [0.2, 0.25) is 0 Å². The average Bonchev–Trinajstić information content (AvgIpc) is 3.34. The molecule has 212 valence electrons. The highest BCUT2D eigenvalue weighted by molar-refractivity contribution is 6.03. The lowest BCUT2D eigenvalue weighted by atomic mass is 10.1. The predicted octanol–water partition coefficient (Wildman–Crippen LogP) is 1.52. The Kier molecular flexibility index (Phi) is 7.39. The molecule has 42 heavy (non-hydrogen) atoms. The number of hydrogen-bond acceptors (Lipinski definition) is 7. The molecule has 4 N–H and O–H groups in total. The van der Waals surface area contributed by atoms with E-state index in [1.54, 1.807) is 40.5 Å². The summed E-state index contributed by atoms with van der Waals surface area (Å²) in [4.78, 5) is 41.5. The molecule has 1 atom stereocenters. The van der Waals surface area contributed by atoms with E-state index in [1.807, 2.05) is 42.5 Å². The number of hydrogen-bond donors (Lipinski definition) is 3. The molecule has 0 spiro atoms. The molecule has 1 fully saturated rings. The van der Waals surface area contributed by atoms with E-state index in [-0.39, 0.29) is 16.9 Å². The molecule has 3 aromatic heterocycles. The van der Waals surface area contributed by atoms with Crippen molar-refractivity contribution in [1.29, 1.82) is 0 Å². The van der Waals surface area contributed by atoms with Crippen LogP contribution < -0.4 is 21.1 Å². The smallest absolute Gasteiger partial charge is 0.362 e. The minimum absolute atomic E-state index is 0.185. The first-order valence-corrected chi connectivity index (χ1v) is 13.9. The van der Waals surface area contributed by atoms with E-state index in [9.17, 15) is 9.59 Å². The Bertz CT molecular complexity index is 1890. The Morgan fingerprint density at radius 1 is 1.12 bits per heavy atom. The molecular formula is C31H32N9O2+. The molecule has 0 aliphatic carbocycles. The van der Waals surface area contributed by atoms with Crippen molar-refractivity contribution in [2.45, 2.75) is 13.0 Å². The molecule has 1 amide bonds. The van der Waals surface area contributed by atoms with Gasteiger partial charge in [-0.05, 0) is 43.2 Å². The summed E-state index contributed by atoms with van der Waals surface area (Å²) in [5, 5.41) is 6.33. The molecular weight excluding hydrogens is 530 g/mol. The zero-order valence-electron chi connectivity index (χ0n) is 23.5. The van der Waals surface area contributed by atoms with E-state index in [2.05, 4.69) is 44.1 Å². The van der Waals surface area contributed by atoms with Crippen LogP contribution in [0.3, 0.4) is 0 Å². The van der Waals surface area contributed by atoms with Crippen molar-refractivity contribution < 1.29 is 9.31 Å². The van der Waals surface area contributed by atoms with Gasteiger partial charge in [-0.3, -0.25) is 19.1 Å². The zero-order chi connectivity index (χ0) is 29.2. The summed E-state index contributed by atoms with van der Waals surface area (Å²) in [5.41, 5.74) is 8.27. The van der Waals surface area contributed by atoms with Crippen LogP contribution in [0.25, 0.3) is 22.2 Å². The third kappa shape index (κ3) is 5.21. The average molecular weight is 563 g/mol. The molecule has 2 aromatic carbocycles. The van der Waals surface area contributed by atoms with Crippen LogP contribution in [0.4, 0.5) is 5.82 Å². The number of nitrogens with two attached hydrogens (primary N) is 1. The minimum Gasteiger partial charge on any atom is -0.382 e. The molecule has 1 unspecified atom stereocenters. The maximum Gasteiger partial charge on any atom is 0.362 e. The number of piperazine rings is 1. The summed E-state index contributed by atoms with van der Waals surface area (Å²) < 4.78 is 3.12. The van der Waals surface area contributed by atoms with Crippen molar-refractivity contribution in [1.82, 2.24) is 34.8 Å². The number of H-pyrrole nitrogens is 1. The number of nitrogens with zero attached hydrogens (tertiary/aromatic N) is 6. The number of carbonyl (C=O) groups is 1. The van der Waals surface area contributed by atoms with E-state index < -0.39 is 11.9 Å². The van der Waals surface area contributed by atoms with Crippen molar-refractivity contribution in [3.8, 4) is 17.5 Å². The first-order chi connectivity index (χ1) is 20.4. The molecule has 1 aliphatic heterocycles. The van der Waals surface area contributed by atoms with E-state index in [4.69, 9.17) is 10.7 Å². The van der Waals surface area contributed by atoms with Crippen molar-refractivity contribution in [3.05, 3.63) is 94.3 Å². The number of rotatable bonds is 5. The Hall–Kier alpha value is -5.05. The van der Waals surface area contributed by atoms with Gasteiger partial charge in [0.05, 0.1) is 29.2 Å². The van der Waals surface area contributed by atoms with Gasteiger partial charge in [0, 0.05) is 37.8 Å². The van der Waals surface area contributed by atoms with Crippen LogP contribution in [0, 0.1) is 11.8 Å². The lowest BCUT2D eigenvalue weighted by Crippen LogP contribution is -2.44. The second-order valence-electron chi connectivity index (χ2n) is 10.4. The van der Waals surface area contributed by atoms with Gasteiger partial charge in [-0.25, -0.2) is 10.1 Å². The summed E-state index contributed by atoms with van der Waals surface area (Å²) in [6, 6.07) is 15.9. The number of anilines is 1. The minimum atomic E-state index is -0.653. The summed E-state index contributed by atoms with van der Waals surface area (Å²) in [6.45, 7) is 6.39. The first-order valence-electron chi connectivity index (χ1n) is 13.9. The van der Waals surface area contributed by atoms with Gasteiger partial charge in [-0.1, -0.05) is 36.1 Å². The number of amides is 1. The third-order valence-corrected chi connectivity index (χ3v) is 7.50. The van der Waals surface area contributed by atoms with Crippen LogP contribution in [0.15, 0.2) is 71.8 Å². The topological polar surface area (TPSA) is 129 Å². The second kappa shape index (κ2) is 11.4. The van der Waals surface area contributed by atoms with Crippen LogP contribution in [0.2, 0.25) is 0 Å². The fourth-order valence-electron chi connectivity index (χ4n) is 5.23. The van der Waals surface area contributed by atoms with E-state index in [0.29, 0.717) is 40.2 Å². The summed E-state index contributed by atoms with van der Waals surface area (Å²) >= 11 is 0. The largest absolute Gasteiger partial charge is 0.382 e. The predicted molar refractivity (Wildman–Crippen MR) is 160 cm³/mol. The maximum absolute atomic E-state index is 14.2. The molecule has 5 aromatic rings. The maximum atomic E-state index is 14.2. The fourth-order valence-corrected chi connectivity index (χ4v) is 5.23. The third-order valence-electron chi connectivity index (χ3n) is 7.50. The Morgan fingerprint density at radius 3 is 2.69 bits per heavy atom. The standard InChI is InChI=1S/C31H31N9O2/c1-21(34-30(41)26-27(32)36-39-16-8-14-33-29(26)39)28-35-24-13-6-9-22(10-7-15-38-19-17-37(2)18-20-38)25(24)31(42)40(28)23-11-4-3-5-12-23/h3-6,8-9,11-14,16,21H,15,17-20H2,1-2H3,(H3,32,34,36,41)/p+1. The summed E-state index contributed by atoms with van der Waals surface area (Å²) in [7, 11) is 2.12. The number of fused-ring (bicyclic) bond motifs is 2. The van der Waals surface area contributed by atoms with E-state index in [1.165, 1.54) is 0 Å². The van der Waals surface area contributed by atoms with Gasteiger partial charge in [-0.2, -0.15) is 0 Å². The van der Waals surface area contributed by atoms with Gasteiger partial charge < -0.3 is 16.0 Å². The fraction of sp³-hybridized carbons (Fsp3) is 0.258. The van der Waals surface area contributed by atoms with Crippen LogP contribution in [0.1, 0.15) is 34.7 Å². The number of aromatic amines is 1. The highest BCUT2D eigenvalue weighted by Gasteiger charge is 2.27. The quantitative estimate of drug-likeness (QED) is 0.219. The SMILES string of the molecule is CC(NC(=O)c1c(N)[nH][n+]2cccnc12)c1nc2cccc(C#CCN3CCN(C)CC3)c2c(=O)n1-c1ccccc1. The monoisotopic (exact) mass is 562 g/mol.